The largest absolute Gasteiger partial charge is 0.397 e. The molecule has 74 valence electrons. The first kappa shape index (κ1) is 8.05. The Kier molecular flexibility index (Phi) is 1.53. The van der Waals surface area contributed by atoms with Gasteiger partial charge >= 0.3 is 0 Å². The van der Waals surface area contributed by atoms with Gasteiger partial charge < -0.3 is 10.7 Å². The second-order valence-corrected chi connectivity index (χ2v) is 3.30. The molecule has 0 aliphatic rings. The lowest BCUT2D eigenvalue weighted by molar-refractivity contribution is 1.08. The monoisotopic (exact) mass is 199 g/mol. The zero-order valence-electron chi connectivity index (χ0n) is 7.86. The van der Waals surface area contributed by atoms with Crippen LogP contribution in [0.25, 0.3) is 22.6 Å². The zero-order chi connectivity index (χ0) is 10.3. The van der Waals surface area contributed by atoms with E-state index >= 15 is 0 Å². The van der Waals surface area contributed by atoms with Crippen LogP contribution in [0.4, 0.5) is 5.69 Å². The molecule has 2 heterocycles. The summed E-state index contributed by atoms with van der Waals surface area (Å²) in [4.78, 5) is 7.58. The van der Waals surface area contributed by atoms with Crippen LogP contribution in [0, 0.1) is 0 Å². The highest BCUT2D eigenvalue weighted by Gasteiger charge is 2.07. The number of nitrogen functional groups attached to an aromatic ring is 1. The van der Waals surface area contributed by atoms with Crippen LogP contribution in [0.2, 0.25) is 0 Å². The first-order chi connectivity index (χ1) is 7.34. The van der Waals surface area contributed by atoms with Gasteiger partial charge in [-0.15, -0.1) is 0 Å². The van der Waals surface area contributed by atoms with Crippen molar-refractivity contribution in [2.45, 2.75) is 0 Å². The second kappa shape index (κ2) is 2.84. The Hall–Kier alpha value is -2.30. The predicted octanol–water partition coefficient (Wildman–Crippen LogP) is 1.54. The van der Waals surface area contributed by atoms with Crippen LogP contribution in [0.15, 0.2) is 30.5 Å². The van der Waals surface area contributed by atoms with E-state index < -0.39 is 0 Å². The molecule has 0 unspecified atom stereocenters. The molecule has 4 N–H and O–H groups in total. The average Bonchev–Trinajstić information content (AvgIpc) is 2.86. The number of nitrogens with two attached hydrogens (primary N) is 1. The molecule has 0 saturated carbocycles. The molecule has 0 spiro atoms. The van der Waals surface area contributed by atoms with Crippen LogP contribution in [0.3, 0.4) is 0 Å². The standard InChI is InChI=1S/C10H9N5/c11-6-2-1-3-7-9(6)14-10(13-7)8-4-5-12-15-8/h1-5H,11H2,(H,12,15)(H,13,14). The number of hydrogen-bond acceptors (Lipinski definition) is 3. The summed E-state index contributed by atoms with van der Waals surface area (Å²) in [5.74, 6) is 0.750. The Bertz CT molecular complexity index is 593. The first-order valence-corrected chi connectivity index (χ1v) is 4.58. The Morgan fingerprint density at radius 3 is 2.87 bits per heavy atom. The van der Waals surface area contributed by atoms with Crippen molar-refractivity contribution in [3.8, 4) is 11.5 Å². The quantitative estimate of drug-likeness (QED) is 0.520. The van der Waals surface area contributed by atoms with Crippen LogP contribution in [0.1, 0.15) is 0 Å². The van der Waals surface area contributed by atoms with Gasteiger partial charge in [-0.25, -0.2) is 4.98 Å². The Labute approximate surface area is 85.3 Å². The molecule has 2 aromatic heterocycles. The van der Waals surface area contributed by atoms with E-state index in [4.69, 9.17) is 5.73 Å². The van der Waals surface area contributed by atoms with E-state index in [2.05, 4.69) is 20.2 Å². The number of para-hydroxylation sites is 1. The average molecular weight is 199 g/mol. The summed E-state index contributed by atoms with van der Waals surface area (Å²) >= 11 is 0. The molecule has 5 heteroatoms. The van der Waals surface area contributed by atoms with Crippen LogP contribution < -0.4 is 5.73 Å². The van der Waals surface area contributed by atoms with Crippen molar-refractivity contribution in [2.75, 3.05) is 5.73 Å². The third-order valence-corrected chi connectivity index (χ3v) is 2.30. The fourth-order valence-electron chi connectivity index (χ4n) is 1.57. The molecule has 0 fully saturated rings. The molecule has 3 aromatic rings. The number of benzene rings is 1. The smallest absolute Gasteiger partial charge is 0.156 e. The molecule has 15 heavy (non-hydrogen) atoms. The highest BCUT2D eigenvalue weighted by Crippen LogP contribution is 2.22. The van der Waals surface area contributed by atoms with Crippen LogP contribution in [0.5, 0.6) is 0 Å². The van der Waals surface area contributed by atoms with Gasteiger partial charge in [-0.05, 0) is 18.2 Å². The Balaban J connectivity index is 2.27. The number of hydrogen-bond donors (Lipinski definition) is 3. The topological polar surface area (TPSA) is 83.4 Å². The number of imidazole rings is 1. The molecular formula is C10H9N5. The van der Waals surface area contributed by atoms with Crippen LogP contribution in [-0.4, -0.2) is 20.2 Å². The molecule has 5 nitrogen and oxygen atoms in total. The van der Waals surface area contributed by atoms with Gasteiger partial charge in [0, 0.05) is 6.20 Å². The number of nitrogens with zero attached hydrogens (tertiary/aromatic N) is 2. The molecule has 0 bridgehead atoms. The fraction of sp³-hybridized carbons (Fsp3) is 0. The summed E-state index contributed by atoms with van der Waals surface area (Å²) in [5.41, 5.74) is 9.07. The molecule has 0 aliphatic heterocycles. The molecule has 3 rings (SSSR count). The van der Waals surface area contributed by atoms with Crippen molar-refractivity contribution >= 4 is 16.7 Å². The first-order valence-electron chi connectivity index (χ1n) is 4.58. The third-order valence-electron chi connectivity index (χ3n) is 2.30. The van der Waals surface area contributed by atoms with Gasteiger partial charge in [-0.2, -0.15) is 5.10 Å². The summed E-state index contributed by atoms with van der Waals surface area (Å²) in [6.07, 6.45) is 1.69. The van der Waals surface area contributed by atoms with Crippen molar-refractivity contribution in [1.29, 1.82) is 0 Å². The number of aromatic nitrogens is 4. The van der Waals surface area contributed by atoms with E-state index in [1.807, 2.05) is 24.3 Å². The molecule has 0 atom stereocenters. The maximum atomic E-state index is 5.81. The zero-order valence-corrected chi connectivity index (χ0v) is 7.86. The van der Waals surface area contributed by atoms with Crippen molar-refractivity contribution in [1.82, 2.24) is 20.2 Å². The highest BCUT2D eigenvalue weighted by molar-refractivity contribution is 5.88. The summed E-state index contributed by atoms with van der Waals surface area (Å²) in [6, 6.07) is 7.53. The highest BCUT2D eigenvalue weighted by atomic mass is 15.1. The normalized spacial score (nSPS) is 10.9. The molecular weight excluding hydrogens is 190 g/mol. The summed E-state index contributed by atoms with van der Waals surface area (Å²) < 4.78 is 0. The number of aromatic amines is 2. The number of rotatable bonds is 1. The van der Waals surface area contributed by atoms with Gasteiger partial charge in [0.2, 0.25) is 0 Å². The van der Waals surface area contributed by atoms with E-state index in [1.165, 1.54) is 0 Å². The second-order valence-electron chi connectivity index (χ2n) is 3.30. The lowest BCUT2D eigenvalue weighted by atomic mass is 10.3. The summed E-state index contributed by atoms with van der Waals surface area (Å²) in [5, 5.41) is 6.72. The number of fused-ring (bicyclic) bond motifs is 1. The minimum Gasteiger partial charge on any atom is -0.397 e. The van der Waals surface area contributed by atoms with Gasteiger partial charge in [0.25, 0.3) is 0 Å². The van der Waals surface area contributed by atoms with Gasteiger partial charge in [-0.3, -0.25) is 5.10 Å². The van der Waals surface area contributed by atoms with E-state index in [1.54, 1.807) is 6.20 Å². The van der Waals surface area contributed by atoms with Crippen molar-refractivity contribution < 1.29 is 0 Å². The SMILES string of the molecule is Nc1cccc2[nH]c(-c3ccn[nH]3)nc12. The lowest BCUT2D eigenvalue weighted by Crippen LogP contribution is -1.85. The predicted molar refractivity (Wildman–Crippen MR) is 58.1 cm³/mol. The van der Waals surface area contributed by atoms with Gasteiger partial charge in [0.05, 0.1) is 11.2 Å². The Morgan fingerprint density at radius 1 is 1.20 bits per heavy atom. The maximum absolute atomic E-state index is 5.81. The van der Waals surface area contributed by atoms with Gasteiger partial charge in [-0.1, -0.05) is 6.07 Å². The van der Waals surface area contributed by atoms with Crippen molar-refractivity contribution in [3.63, 3.8) is 0 Å². The van der Waals surface area contributed by atoms with E-state index in [0.29, 0.717) is 5.69 Å². The summed E-state index contributed by atoms with van der Waals surface area (Å²) in [6.45, 7) is 0. The van der Waals surface area contributed by atoms with E-state index in [0.717, 1.165) is 22.6 Å². The molecule has 0 saturated heterocycles. The van der Waals surface area contributed by atoms with E-state index in [9.17, 15) is 0 Å². The Morgan fingerprint density at radius 2 is 2.13 bits per heavy atom. The minimum atomic E-state index is 0.675. The summed E-state index contributed by atoms with van der Waals surface area (Å²) in [7, 11) is 0. The maximum Gasteiger partial charge on any atom is 0.156 e. The molecule has 1 aromatic carbocycles. The number of nitrogens with one attached hydrogen (secondary N) is 2. The van der Waals surface area contributed by atoms with Crippen molar-refractivity contribution in [3.05, 3.63) is 30.5 Å². The lowest BCUT2D eigenvalue weighted by Gasteiger charge is -1.90. The number of anilines is 1. The molecule has 0 radical (unpaired) electrons. The molecule has 0 amide bonds. The fourth-order valence-corrected chi connectivity index (χ4v) is 1.57. The van der Waals surface area contributed by atoms with Gasteiger partial charge in [0.1, 0.15) is 11.2 Å². The van der Waals surface area contributed by atoms with Crippen molar-refractivity contribution in [2.24, 2.45) is 0 Å². The number of H-pyrrole nitrogens is 2. The third kappa shape index (κ3) is 1.17. The van der Waals surface area contributed by atoms with Gasteiger partial charge in [0.15, 0.2) is 5.82 Å². The molecule has 0 aliphatic carbocycles. The van der Waals surface area contributed by atoms with E-state index in [-0.39, 0.29) is 0 Å². The van der Waals surface area contributed by atoms with Crippen LogP contribution >= 0.6 is 0 Å². The van der Waals surface area contributed by atoms with Crippen LogP contribution in [-0.2, 0) is 0 Å². The minimum absolute atomic E-state index is 0.675.